The fourth-order valence-electron chi connectivity index (χ4n) is 14.2. The summed E-state index contributed by atoms with van der Waals surface area (Å²) in [4.78, 5) is 0. The quantitative estimate of drug-likeness (QED) is 0.111. The van der Waals surface area contributed by atoms with Gasteiger partial charge in [0.1, 0.15) is 22.3 Å². The number of fused-ring (bicyclic) bond motifs is 12. The number of benzene rings is 12. The highest BCUT2D eigenvalue weighted by atomic mass is 79.9. The number of furan rings is 2. The molecule has 1 saturated heterocycles. The molecule has 0 amide bonds. The van der Waals surface area contributed by atoms with E-state index in [9.17, 15) is 9.13 Å². The van der Waals surface area contributed by atoms with Crippen LogP contribution in [-0.4, -0.2) is 18.3 Å². The summed E-state index contributed by atoms with van der Waals surface area (Å²) in [6.07, 6.45) is 0. The second-order valence-corrected chi connectivity index (χ2v) is 33.4. The molecule has 0 unspecified atom stereocenters. The Balaban J connectivity index is 0.000000123. The van der Waals surface area contributed by atoms with Crippen LogP contribution in [0.15, 0.2) is 292 Å². The van der Waals surface area contributed by atoms with Crippen molar-refractivity contribution in [3.63, 3.8) is 0 Å². The molecule has 12 aromatic carbocycles. The molecular formula is C84H70BBrO6P2. The van der Waals surface area contributed by atoms with Gasteiger partial charge in [-0.1, -0.05) is 256 Å². The molecule has 1 aliphatic heterocycles. The summed E-state index contributed by atoms with van der Waals surface area (Å²) in [5.41, 5.74) is 16.6. The van der Waals surface area contributed by atoms with Gasteiger partial charge in [-0.2, -0.15) is 0 Å². The monoisotopic (exact) mass is 1330 g/mol. The van der Waals surface area contributed by atoms with Crippen molar-refractivity contribution in [1.82, 2.24) is 0 Å². The van der Waals surface area contributed by atoms with E-state index in [1.165, 1.54) is 44.5 Å². The molecule has 94 heavy (non-hydrogen) atoms. The highest BCUT2D eigenvalue weighted by Gasteiger charge is 2.52. The molecule has 0 saturated carbocycles. The molecule has 14 aromatic rings. The van der Waals surface area contributed by atoms with Crippen molar-refractivity contribution in [2.75, 3.05) is 0 Å². The van der Waals surface area contributed by atoms with E-state index in [4.69, 9.17) is 18.1 Å². The summed E-state index contributed by atoms with van der Waals surface area (Å²) in [5, 5.41) is 9.56. The first-order valence-electron chi connectivity index (χ1n) is 32.1. The van der Waals surface area contributed by atoms with Gasteiger partial charge in [0, 0.05) is 68.7 Å². The third-order valence-electron chi connectivity index (χ3n) is 20.1. The van der Waals surface area contributed by atoms with E-state index in [0.29, 0.717) is 0 Å². The molecular weight excluding hydrogens is 1260 g/mol. The summed E-state index contributed by atoms with van der Waals surface area (Å²) >= 11 is 3.43. The Morgan fingerprint density at radius 2 is 0.649 bits per heavy atom. The largest absolute Gasteiger partial charge is 0.494 e. The third-order valence-corrected chi connectivity index (χ3v) is 26.8. The van der Waals surface area contributed by atoms with Crippen LogP contribution in [0.1, 0.15) is 77.6 Å². The van der Waals surface area contributed by atoms with Gasteiger partial charge in [0.25, 0.3) is 0 Å². The molecule has 1 fully saturated rings. The summed E-state index contributed by atoms with van der Waals surface area (Å²) in [7, 11) is -6.21. The van der Waals surface area contributed by atoms with Crippen LogP contribution in [0.5, 0.6) is 0 Å². The van der Waals surface area contributed by atoms with E-state index in [1.54, 1.807) is 0 Å². The van der Waals surface area contributed by atoms with E-state index in [-0.39, 0.29) is 29.2 Å². The van der Waals surface area contributed by atoms with Gasteiger partial charge in [0.05, 0.1) is 11.2 Å². The fourth-order valence-corrected chi connectivity index (χ4v) is 19.8. The van der Waals surface area contributed by atoms with Crippen LogP contribution in [0.2, 0.25) is 0 Å². The molecule has 0 radical (unpaired) electrons. The van der Waals surface area contributed by atoms with Gasteiger partial charge >= 0.3 is 7.12 Å². The van der Waals surface area contributed by atoms with Crippen LogP contribution in [0, 0.1) is 0 Å². The lowest BCUT2D eigenvalue weighted by Gasteiger charge is -2.32. The first-order valence-corrected chi connectivity index (χ1v) is 36.3. The number of hydrogen-bond donors (Lipinski definition) is 0. The van der Waals surface area contributed by atoms with Gasteiger partial charge in [-0.05, 0) is 156 Å². The van der Waals surface area contributed by atoms with Crippen LogP contribution in [-0.2, 0) is 29.3 Å². The molecule has 2 aliphatic carbocycles. The number of halogens is 1. The van der Waals surface area contributed by atoms with E-state index < -0.39 is 14.3 Å². The average molecular weight is 1330 g/mol. The Bertz CT molecular complexity index is 5230. The van der Waals surface area contributed by atoms with Gasteiger partial charge in [0.2, 0.25) is 0 Å². The van der Waals surface area contributed by atoms with E-state index in [1.807, 2.05) is 164 Å². The lowest BCUT2D eigenvalue weighted by molar-refractivity contribution is 0.00578. The smallest absolute Gasteiger partial charge is 0.456 e. The van der Waals surface area contributed by atoms with Crippen molar-refractivity contribution in [1.29, 1.82) is 0 Å². The molecule has 2 aromatic heterocycles. The SMILES string of the molecule is CC1(C)c2ccccc2-c2cc3c(cc21)oc1ccc(-c2ccc(P(=O)(c4ccccc4)c4ccccc4)cc2)cc13.CC1(C)c2ccccc2-c2cc3c(cc21)oc1ccc(B2OC(C)(C)C(C)(C)O2)cc13.O=P(c1ccccc1)(c1ccccc1)c1ccc(Br)cc1. The van der Waals surface area contributed by atoms with Crippen molar-refractivity contribution in [2.24, 2.45) is 0 Å². The average Bonchev–Trinajstić information content (AvgIpc) is 1.55. The van der Waals surface area contributed by atoms with Crippen molar-refractivity contribution in [3.8, 4) is 33.4 Å². The molecule has 10 heteroatoms. The highest BCUT2D eigenvalue weighted by Crippen LogP contribution is 2.53. The zero-order chi connectivity index (χ0) is 64.9. The molecule has 0 bridgehead atoms. The van der Waals surface area contributed by atoms with Gasteiger partial charge in [-0.15, -0.1) is 0 Å². The van der Waals surface area contributed by atoms with Crippen molar-refractivity contribution in [3.05, 3.63) is 306 Å². The minimum absolute atomic E-state index is 0.0348. The minimum atomic E-state index is -3.01. The van der Waals surface area contributed by atoms with Crippen LogP contribution in [0.25, 0.3) is 77.3 Å². The van der Waals surface area contributed by atoms with Crippen LogP contribution in [0.4, 0.5) is 0 Å². The lowest BCUT2D eigenvalue weighted by atomic mass is 9.78. The Morgan fingerprint density at radius 3 is 1.07 bits per heavy atom. The van der Waals surface area contributed by atoms with Crippen LogP contribution < -0.4 is 37.3 Å². The maximum absolute atomic E-state index is 14.8. The zero-order valence-corrected chi connectivity index (χ0v) is 57.2. The third kappa shape index (κ3) is 10.2. The Labute approximate surface area is 558 Å². The Morgan fingerprint density at radius 1 is 0.309 bits per heavy atom. The van der Waals surface area contributed by atoms with E-state index in [0.717, 1.165) is 96.8 Å². The molecule has 3 heterocycles. The fraction of sp³-hybridized carbons (Fsp3) is 0.143. The van der Waals surface area contributed by atoms with Gasteiger partial charge in [0.15, 0.2) is 14.3 Å². The van der Waals surface area contributed by atoms with Crippen LogP contribution in [0.3, 0.4) is 0 Å². The zero-order valence-electron chi connectivity index (χ0n) is 53.9. The van der Waals surface area contributed by atoms with Crippen molar-refractivity contribution >= 4 is 118 Å². The molecule has 6 nitrogen and oxygen atoms in total. The maximum Gasteiger partial charge on any atom is 0.494 e. The van der Waals surface area contributed by atoms with Crippen LogP contribution >= 0.6 is 30.2 Å². The highest BCUT2D eigenvalue weighted by molar-refractivity contribution is 9.10. The summed E-state index contributed by atoms with van der Waals surface area (Å²) < 4.78 is 54.9. The predicted molar refractivity (Wildman–Crippen MR) is 397 cm³/mol. The standard InChI is InChI=1S/C39H29O2P.C27H27BO3.C18H14BrOP/c1-39(2)35-16-10-9-15-31(35)32-24-34-33-23-27(19-22-37(33)41-38(34)25-36(32)39)26-17-20-30(21-18-26)42(40,28-11-5-3-6-12-28)29-13-7-4-8-14-29;1-25(2)21-10-8-7-9-17(21)18-14-20-19-13-16(28-30-26(3,4)27(5,6)31-28)11-12-23(19)29-24(20)15-22(18)25;19-15-11-13-18(14-12-15)21(20,16-7-3-1-4-8-16)17-9-5-2-6-10-17/h3-25H,1-2H3;7-15H,1-6H3;1-14H. The second-order valence-electron chi connectivity index (χ2n) is 27.0. The van der Waals surface area contributed by atoms with Crippen molar-refractivity contribution in [2.45, 2.75) is 77.4 Å². The van der Waals surface area contributed by atoms with Gasteiger partial charge in [-0.25, -0.2) is 0 Å². The first-order chi connectivity index (χ1) is 45.2. The first kappa shape index (κ1) is 61.3. The number of hydrogen-bond acceptors (Lipinski definition) is 6. The van der Waals surface area contributed by atoms with Crippen molar-refractivity contribution < 1.29 is 27.3 Å². The summed E-state index contributed by atoms with van der Waals surface area (Å²) in [6.45, 7) is 17.5. The maximum atomic E-state index is 14.8. The Kier molecular flexibility index (Phi) is 15.2. The molecule has 3 aliphatic rings. The topological polar surface area (TPSA) is 78.9 Å². The molecule has 462 valence electrons. The summed E-state index contributed by atoms with van der Waals surface area (Å²) in [6, 6.07) is 94.2. The minimum Gasteiger partial charge on any atom is -0.456 e. The molecule has 0 N–H and O–H groups in total. The normalized spacial score (nSPS) is 15.4. The van der Waals surface area contributed by atoms with E-state index >= 15 is 0 Å². The predicted octanol–water partition coefficient (Wildman–Crippen LogP) is 19.5. The van der Waals surface area contributed by atoms with E-state index in [2.05, 4.69) is 187 Å². The molecule has 0 spiro atoms. The lowest BCUT2D eigenvalue weighted by Crippen LogP contribution is -2.41. The summed E-state index contributed by atoms with van der Waals surface area (Å²) in [5.74, 6) is 0. The number of rotatable bonds is 8. The second kappa shape index (κ2) is 23.3. The Hall–Kier alpha value is -8.84. The molecule has 0 atom stereocenters. The van der Waals surface area contributed by atoms with Gasteiger partial charge in [-0.3, -0.25) is 0 Å². The van der Waals surface area contributed by atoms with Gasteiger partial charge < -0.3 is 27.3 Å². The molecule has 17 rings (SSSR count).